The van der Waals surface area contributed by atoms with Crippen LogP contribution in [0.5, 0.6) is 0 Å². The topological polar surface area (TPSA) is 95.8 Å². The Balaban J connectivity index is 1.87. The highest BCUT2D eigenvalue weighted by Crippen LogP contribution is 2.42. The first kappa shape index (κ1) is 16.6. The van der Waals surface area contributed by atoms with Crippen molar-refractivity contribution in [3.63, 3.8) is 0 Å². The molecule has 3 aromatic rings. The zero-order valence-corrected chi connectivity index (χ0v) is 15.3. The smallest absolute Gasteiger partial charge is 0.209 e. The van der Waals surface area contributed by atoms with Crippen LogP contribution >= 0.6 is 11.6 Å². The van der Waals surface area contributed by atoms with Crippen LogP contribution in [0.15, 0.2) is 24.5 Å². The van der Waals surface area contributed by atoms with E-state index in [-0.39, 0.29) is 5.75 Å². The van der Waals surface area contributed by atoms with E-state index in [4.69, 9.17) is 16.7 Å². The molecule has 0 saturated heterocycles. The largest absolute Gasteiger partial charge is 0.285 e. The molecule has 1 saturated carbocycles. The van der Waals surface area contributed by atoms with Crippen LogP contribution < -0.4 is 5.14 Å². The summed E-state index contributed by atoms with van der Waals surface area (Å²) in [4.78, 5) is 4.42. The number of fused-ring (bicyclic) bond motifs is 1. The summed E-state index contributed by atoms with van der Waals surface area (Å²) in [6.45, 7) is 0. The van der Waals surface area contributed by atoms with E-state index in [9.17, 15) is 8.42 Å². The van der Waals surface area contributed by atoms with Gasteiger partial charge < -0.3 is 0 Å². The van der Waals surface area contributed by atoms with E-state index in [1.165, 1.54) is 0 Å². The third-order valence-electron chi connectivity index (χ3n) is 4.47. The molecular formula is C16H18ClN5O2S. The number of nitrogens with zero attached hydrogens (tertiary/aromatic N) is 4. The van der Waals surface area contributed by atoms with Gasteiger partial charge in [-0.2, -0.15) is 5.10 Å². The van der Waals surface area contributed by atoms with Gasteiger partial charge in [0.1, 0.15) is 11.5 Å². The summed E-state index contributed by atoms with van der Waals surface area (Å²) in [7, 11) is -1.68. The minimum Gasteiger partial charge on any atom is -0.285 e. The zero-order chi connectivity index (χ0) is 17.8. The van der Waals surface area contributed by atoms with Crippen LogP contribution in [0.25, 0.3) is 16.9 Å². The third-order valence-corrected chi connectivity index (χ3v) is 5.45. The molecule has 0 spiro atoms. The predicted molar refractivity (Wildman–Crippen MR) is 96.5 cm³/mol. The first-order valence-corrected chi connectivity index (χ1v) is 10.1. The van der Waals surface area contributed by atoms with E-state index in [1.54, 1.807) is 10.9 Å². The van der Waals surface area contributed by atoms with Crippen LogP contribution in [-0.4, -0.2) is 33.5 Å². The van der Waals surface area contributed by atoms with E-state index in [0.717, 1.165) is 41.0 Å². The number of sulfonamides is 1. The molecular weight excluding hydrogens is 362 g/mol. The maximum Gasteiger partial charge on any atom is 0.209 e. The van der Waals surface area contributed by atoms with Crippen LogP contribution in [0.3, 0.4) is 0 Å². The Labute approximate surface area is 150 Å². The van der Waals surface area contributed by atoms with E-state index in [1.807, 2.05) is 29.9 Å². The van der Waals surface area contributed by atoms with Crippen LogP contribution in [0.1, 0.15) is 30.0 Å². The molecule has 3 aromatic heterocycles. The number of pyridine rings is 1. The van der Waals surface area contributed by atoms with Gasteiger partial charge in [-0.15, -0.1) is 0 Å². The number of nitrogens with two attached hydrogens (primary N) is 1. The van der Waals surface area contributed by atoms with Gasteiger partial charge in [-0.1, -0.05) is 11.6 Å². The first-order valence-electron chi connectivity index (χ1n) is 8.03. The molecule has 2 N–H and O–H groups in total. The minimum atomic E-state index is -3.55. The van der Waals surface area contributed by atoms with Crippen molar-refractivity contribution in [2.75, 3.05) is 5.75 Å². The number of hydrogen-bond donors (Lipinski definition) is 1. The first-order chi connectivity index (χ1) is 11.8. The molecule has 4 rings (SSSR count). The van der Waals surface area contributed by atoms with E-state index >= 15 is 0 Å². The SMILES string of the molecule is Cn1nc(C2CC2)c(CCS(N)(=O)=O)c1-n1ccc2cc(Cl)cnc21. The van der Waals surface area contributed by atoms with Gasteiger partial charge in [0.15, 0.2) is 0 Å². The molecule has 132 valence electrons. The van der Waals surface area contributed by atoms with Crippen molar-refractivity contribution in [3.05, 3.63) is 40.8 Å². The van der Waals surface area contributed by atoms with Gasteiger partial charge in [-0.3, -0.25) is 9.25 Å². The summed E-state index contributed by atoms with van der Waals surface area (Å²) in [5, 5.41) is 11.4. The maximum absolute atomic E-state index is 11.5. The number of aromatic nitrogens is 4. The summed E-state index contributed by atoms with van der Waals surface area (Å²) >= 11 is 6.02. The molecule has 0 aliphatic heterocycles. The molecule has 7 nitrogen and oxygen atoms in total. The highest BCUT2D eigenvalue weighted by molar-refractivity contribution is 7.89. The minimum absolute atomic E-state index is 0.107. The molecule has 0 unspecified atom stereocenters. The average Bonchev–Trinajstić information content (AvgIpc) is 3.21. The Bertz CT molecular complexity index is 1070. The van der Waals surface area contributed by atoms with Crippen molar-refractivity contribution in [2.45, 2.75) is 25.2 Å². The second-order valence-electron chi connectivity index (χ2n) is 6.45. The summed E-state index contributed by atoms with van der Waals surface area (Å²) < 4.78 is 26.7. The Hall–Kier alpha value is -1.90. The molecule has 0 atom stereocenters. The summed E-state index contributed by atoms with van der Waals surface area (Å²) in [5.41, 5.74) is 2.65. The fourth-order valence-corrected chi connectivity index (χ4v) is 3.87. The zero-order valence-electron chi connectivity index (χ0n) is 13.7. The molecule has 1 aliphatic carbocycles. The number of halogens is 1. The number of aryl methyl sites for hydroxylation is 1. The molecule has 3 heterocycles. The van der Waals surface area contributed by atoms with Crippen molar-refractivity contribution >= 4 is 32.7 Å². The number of rotatable bonds is 5. The molecule has 25 heavy (non-hydrogen) atoms. The average molecular weight is 380 g/mol. The normalized spacial score (nSPS) is 15.2. The van der Waals surface area contributed by atoms with Crippen molar-refractivity contribution in [1.29, 1.82) is 0 Å². The molecule has 1 aliphatic rings. The van der Waals surface area contributed by atoms with Gasteiger partial charge in [-0.25, -0.2) is 18.5 Å². The Kier molecular flexibility index (Phi) is 3.86. The van der Waals surface area contributed by atoms with E-state index < -0.39 is 10.0 Å². The molecule has 1 fully saturated rings. The quantitative estimate of drug-likeness (QED) is 0.734. The summed E-state index contributed by atoms with van der Waals surface area (Å²) in [5.74, 6) is 1.12. The lowest BCUT2D eigenvalue weighted by Crippen LogP contribution is -2.19. The van der Waals surface area contributed by atoms with Gasteiger partial charge in [0, 0.05) is 36.3 Å². The van der Waals surface area contributed by atoms with Gasteiger partial charge in [0.2, 0.25) is 10.0 Å². The lowest BCUT2D eigenvalue weighted by Gasteiger charge is -2.09. The van der Waals surface area contributed by atoms with Crippen molar-refractivity contribution in [1.82, 2.24) is 19.3 Å². The molecule has 0 aromatic carbocycles. The molecule has 0 radical (unpaired) electrons. The number of primary sulfonamides is 1. The maximum atomic E-state index is 11.5. The van der Waals surface area contributed by atoms with Crippen molar-refractivity contribution < 1.29 is 8.42 Å². The summed E-state index contributed by atoms with van der Waals surface area (Å²) in [6.07, 6.45) is 6.00. The molecule has 9 heteroatoms. The summed E-state index contributed by atoms with van der Waals surface area (Å²) in [6, 6.07) is 3.78. The monoisotopic (exact) mass is 379 g/mol. The second kappa shape index (κ2) is 5.82. The lowest BCUT2D eigenvalue weighted by atomic mass is 10.1. The Morgan fingerprint density at radius 2 is 2.16 bits per heavy atom. The Morgan fingerprint density at radius 1 is 1.40 bits per heavy atom. The molecule has 0 bridgehead atoms. The molecule has 0 amide bonds. The van der Waals surface area contributed by atoms with Crippen LogP contribution in [-0.2, 0) is 23.5 Å². The van der Waals surface area contributed by atoms with Gasteiger partial charge in [-0.05, 0) is 31.4 Å². The second-order valence-corrected chi connectivity index (χ2v) is 8.62. The van der Waals surface area contributed by atoms with Gasteiger partial charge in [0.25, 0.3) is 0 Å². The Morgan fingerprint density at radius 3 is 2.84 bits per heavy atom. The van der Waals surface area contributed by atoms with Crippen LogP contribution in [0.4, 0.5) is 0 Å². The standard InChI is InChI=1S/C16H18ClN5O2S/c1-21-16(22-6-4-11-8-12(17)9-19-15(11)22)13(5-7-25(18,23)24)14(20-21)10-2-3-10/h4,6,8-10H,2-3,5,7H2,1H3,(H2,18,23,24). The van der Waals surface area contributed by atoms with Gasteiger partial charge in [0.05, 0.1) is 16.5 Å². The van der Waals surface area contributed by atoms with E-state index in [0.29, 0.717) is 17.4 Å². The highest BCUT2D eigenvalue weighted by atomic mass is 35.5. The van der Waals surface area contributed by atoms with E-state index in [2.05, 4.69) is 10.1 Å². The van der Waals surface area contributed by atoms with Crippen LogP contribution in [0, 0.1) is 0 Å². The lowest BCUT2D eigenvalue weighted by molar-refractivity contribution is 0.597. The third kappa shape index (κ3) is 3.17. The van der Waals surface area contributed by atoms with Crippen molar-refractivity contribution in [3.8, 4) is 5.82 Å². The number of hydrogen-bond acceptors (Lipinski definition) is 4. The van der Waals surface area contributed by atoms with Gasteiger partial charge >= 0.3 is 0 Å². The highest BCUT2D eigenvalue weighted by Gasteiger charge is 2.32. The van der Waals surface area contributed by atoms with Crippen LogP contribution in [0.2, 0.25) is 5.02 Å². The van der Waals surface area contributed by atoms with Crippen molar-refractivity contribution in [2.24, 2.45) is 12.2 Å². The fourth-order valence-electron chi connectivity index (χ4n) is 3.22. The fraction of sp³-hybridized carbons (Fsp3) is 0.375. The predicted octanol–water partition coefficient (Wildman–Crippen LogP) is 2.12.